The molecule has 1 N–H and O–H groups in total. The Hall–Kier alpha value is -2.63. The van der Waals surface area contributed by atoms with Gasteiger partial charge in [-0.05, 0) is 39.0 Å². The second-order valence-corrected chi connectivity index (χ2v) is 5.21. The van der Waals surface area contributed by atoms with Gasteiger partial charge in [0.05, 0.1) is 16.7 Å². The fourth-order valence-electron chi connectivity index (χ4n) is 2.66. The van der Waals surface area contributed by atoms with Gasteiger partial charge in [-0.3, -0.25) is 4.79 Å². The van der Waals surface area contributed by atoms with E-state index < -0.39 is 0 Å². The summed E-state index contributed by atoms with van der Waals surface area (Å²) >= 11 is 0. The minimum absolute atomic E-state index is 0.243. The number of anilines is 1. The lowest BCUT2D eigenvalue weighted by atomic mass is 10.2. The number of benzene rings is 1. The molecule has 3 rings (SSSR count). The maximum atomic E-state index is 12.2. The second-order valence-electron chi connectivity index (χ2n) is 5.21. The quantitative estimate of drug-likeness (QED) is 0.805. The standard InChI is InChI=1S/C16H18N4O2/c1-5-20-10(3)18-13-8-12(6-7-14(13)20)19-16(21)15-9(2)17-11(4)22-15/h6-8H,5H2,1-4H3,(H,19,21). The van der Waals surface area contributed by atoms with Gasteiger partial charge >= 0.3 is 0 Å². The summed E-state index contributed by atoms with van der Waals surface area (Å²) in [5, 5.41) is 2.83. The molecular weight excluding hydrogens is 280 g/mol. The lowest BCUT2D eigenvalue weighted by molar-refractivity contribution is 0.0994. The van der Waals surface area contributed by atoms with E-state index in [1.54, 1.807) is 13.8 Å². The summed E-state index contributed by atoms with van der Waals surface area (Å²) < 4.78 is 7.46. The van der Waals surface area contributed by atoms with Crippen LogP contribution in [-0.4, -0.2) is 20.4 Å². The van der Waals surface area contributed by atoms with Crippen LogP contribution < -0.4 is 5.32 Å². The number of aryl methyl sites for hydroxylation is 4. The normalized spacial score (nSPS) is 11.1. The summed E-state index contributed by atoms with van der Waals surface area (Å²) in [6, 6.07) is 5.70. The molecule has 2 heterocycles. The maximum Gasteiger partial charge on any atom is 0.293 e. The molecule has 2 aromatic heterocycles. The van der Waals surface area contributed by atoms with Crippen LogP contribution in [0.5, 0.6) is 0 Å². The van der Waals surface area contributed by atoms with Crippen molar-refractivity contribution in [2.75, 3.05) is 5.32 Å². The number of hydrogen-bond donors (Lipinski definition) is 1. The molecule has 0 unspecified atom stereocenters. The molecule has 114 valence electrons. The molecule has 0 fully saturated rings. The molecule has 0 saturated carbocycles. The summed E-state index contributed by atoms with van der Waals surface area (Å²) in [6.07, 6.45) is 0. The zero-order valence-corrected chi connectivity index (χ0v) is 13.1. The van der Waals surface area contributed by atoms with Crippen LogP contribution in [0, 0.1) is 20.8 Å². The first-order valence-corrected chi connectivity index (χ1v) is 7.22. The molecule has 0 aliphatic rings. The predicted molar refractivity (Wildman–Crippen MR) is 84.1 cm³/mol. The number of rotatable bonds is 3. The van der Waals surface area contributed by atoms with E-state index in [0.29, 0.717) is 17.3 Å². The Labute approximate surface area is 128 Å². The van der Waals surface area contributed by atoms with E-state index in [0.717, 1.165) is 23.4 Å². The van der Waals surface area contributed by atoms with E-state index in [2.05, 4.69) is 26.8 Å². The third-order valence-corrected chi connectivity index (χ3v) is 3.62. The zero-order chi connectivity index (χ0) is 15.9. The van der Waals surface area contributed by atoms with Gasteiger partial charge in [0.15, 0.2) is 5.89 Å². The van der Waals surface area contributed by atoms with Gasteiger partial charge in [-0.15, -0.1) is 0 Å². The van der Waals surface area contributed by atoms with Gasteiger partial charge in [-0.25, -0.2) is 9.97 Å². The summed E-state index contributed by atoms with van der Waals surface area (Å²) in [5.74, 6) is 1.38. The Morgan fingerprint density at radius 1 is 1.27 bits per heavy atom. The monoisotopic (exact) mass is 298 g/mol. The van der Waals surface area contributed by atoms with Crippen LogP contribution in [0.2, 0.25) is 0 Å². The van der Waals surface area contributed by atoms with Gasteiger partial charge < -0.3 is 14.3 Å². The van der Waals surface area contributed by atoms with E-state index >= 15 is 0 Å². The first kappa shape index (κ1) is 14.3. The molecule has 0 radical (unpaired) electrons. The lowest BCUT2D eigenvalue weighted by Gasteiger charge is -2.05. The Kier molecular flexibility index (Phi) is 3.44. The summed E-state index contributed by atoms with van der Waals surface area (Å²) in [5.41, 5.74) is 3.20. The number of nitrogens with zero attached hydrogens (tertiary/aromatic N) is 3. The highest BCUT2D eigenvalue weighted by molar-refractivity contribution is 6.03. The Balaban J connectivity index is 1.91. The summed E-state index contributed by atoms with van der Waals surface area (Å²) in [7, 11) is 0. The summed E-state index contributed by atoms with van der Waals surface area (Å²) in [4.78, 5) is 20.9. The number of carbonyl (C=O) groups is 1. The first-order chi connectivity index (χ1) is 10.5. The number of fused-ring (bicyclic) bond motifs is 1. The van der Waals surface area contributed by atoms with E-state index in [4.69, 9.17) is 4.42 Å². The summed E-state index contributed by atoms with van der Waals surface area (Å²) in [6.45, 7) is 8.39. The zero-order valence-electron chi connectivity index (χ0n) is 13.1. The number of aromatic nitrogens is 3. The highest BCUT2D eigenvalue weighted by Crippen LogP contribution is 2.21. The van der Waals surface area contributed by atoms with Crippen molar-refractivity contribution in [3.63, 3.8) is 0 Å². The van der Waals surface area contributed by atoms with E-state index in [1.807, 2.05) is 25.1 Å². The van der Waals surface area contributed by atoms with Gasteiger partial charge in [0.25, 0.3) is 5.91 Å². The molecule has 22 heavy (non-hydrogen) atoms. The van der Waals surface area contributed by atoms with Crippen molar-refractivity contribution >= 4 is 22.6 Å². The number of carbonyl (C=O) groups excluding carboxylic acids is 1. The molecule has 1 aromatic carbocycles. The van der Waals surface area contributed by atoms with Crippen LogP contribution in [0.15, 0.2) is 22.6 Å². The minimum atomic E-state index is -0.302. The van der Waals surface area contributed by atoms with Gasteiger partial charge in [-0.1, -0.05) is 0 Å². The van der Waals surface area contributed by atoms with Gasteiger partial charge in [0, 0.05) is 19.2 Å². The second kappa shape index (κ2) is 5.29. The minimum Gasteiger partial charge on any atom is -0.436 e. The number of amides is 1. The SMILES string of the molecule is CCn1c(C)nc2cc(NC(=O)c3oc(C)nc3C)ccc21. The van der Waals surface area contributed by atoms with Gasteiger partial charge in [0.1, 0.15) is 5.82 Å². The smallest absolute Gasteiger partial charge is 0.293 e. The Bertz CT molecular complexity index is 861. The fraction of sp³-hybridized carbons (Fsp3) is 0.312. The lowest BCUT2D eigenvalue weighted by Crippen LogP contribution is -2.12. The molecule has 6 nitrogen and oxygen atoms in total. The maximum absolute atomic E-state index is 12.2. The van der Waals surface area contributed by atoms with Crippen molar-refractivity contribution in [1.82, 2.24) is 14.5 Å². The molecule has 0 bridgehead atoms. The average Bonchev–Trinajstić information content (AvgIpc) is 2.96. The Morgan fingerprint density at radius 3 is 2.68 bits per heavy atom. The van der Waals surface area contributed by atoms with E-state index in [-0.39, 0.29) is 11.7 Å². The van der Waals surface area contributed by atoms with Crippen molar-refractivity contribution in [2.24, 2.45) is 0 Å². The molecular formula is C16H18N4O2. The van der Waals surface area contributed by atoms with Gasteiger partial charge in [0.2, 0.25) is 5.76 Å². The number of oxazole rings is 1. The van der Waals surface area contributed by atoms with Crippen LogP contribution in [0.3, 0.4) is 0 Å². The van der Waals surface area contributed by atoms with Crippen molar-refractivity contribution in [3.05, 3.63) is 41.4 Å². The van der Waals surface area contributed by atoms with Crippen molar-refractivity contribution in [2.45, 2.75) is 34.2 Å². The topological polar surface area (TPSA) is 73.0 Å². The Morgan fingerprint density at radius 2 is 2.05 bits per heavy atom. The third kappa shape index (κ3) is 2.36. The van der Waals surface area contributed by atoms with E-state index in [1.165, 1.54) is 0 Å². The molecule has 0 atom stereocenters. The molecule has 0 saturated heterocycles. The number of imidazole rings is 1. The van der Waals surface area contributed by atoms with Crippen molar-refractivity contribution in [1.29, 1.82) is 0 Å². The third-order valence-electron chi connectivity index (χ3n) is 3.62. The molecule has 1 amide bonds. The van der Waals surface area contributed by atoms with Crippen LogP contribution in [0.25, 0.3) is 11.0 Å². The highest BCUT2D eigenvalue weighted by atomic mass is 16.4. The average molecular weight is 298 g/mol. The first-order valence-electron chi connectivity index (χ1n) is 7.22. The number of nitrogens with one attached hydrogen (secondary N) is 1. The molecule has 6 heteroatoms. The molecule has 0 aliphatic heterocycles. The van der Waals surface area contributed by atoms with E-state index in [9.17, 15) is 4.79 Å². The largest absolute Gasteiger partial charge is 0.436 e. The van der Waals surface area contributed by atoms with Crippen molar-refractivity contribution in [3.8, 4) is 0 Å². The fourth-order valence-corrected chi connectivity index (χ4v) is 2.66. The van der Waals surface area contributed by atoms with Gasteiger partial charge in [-0.2, -0.15) is 0 Å². The molecule has 0 spiro atoms. The van der Waals surface area contributed by atoms with Crippen LogP contribution in [0.1, 0.15) is 34.9 Å². The highest BCUT2D eigenvalue weighted by Gasteiger charge is 2.16. The molecule has 3 aromatic rings. The predicted octanol–water partition coefficient (Wildman–Crippen LogP) is 3.22. The van der Waals surface area contributed by atoms with Crippen LogP contribution in [0.4, 0.5) is 5.69 Å². The number of hydrogen-bond acceptors (Lipinski definition) is 4. The molecule has 0 aliphatic carbocycles. The van der Waals surface area contributed by atoms with Crippen LogP contribution in [-0.2, 0) is 6.54 Å². The van der Waals surface area contributed by atoms with Crippen molar-refractivity contribution < 1.29 is 9.21 Å². The van der Waals surface area contributed by atoms with Crippen LogP contribution >= 0.6 is 0 Å².